The molecular weight excluding hydrogens is 274 g/mol. The van der Waals surface area contributed by atoms with Gasteiger partial charge < -0.3 is 14.7 Å². The molecule has 1 fully saturated rings. The number of anilines is 1. The molecule has 1 saturated heterocycles. The Morgan fingerprint density at radius 2 is 2.31 bits per heavy atom. The maximum absolute atomic E-state index is 11.7. The molecule has 1 aliphatic heterocycles. The van der Waals surface area contributed by atoms with Gasteiger partial charge in [0.15, 0.2) is 0 Å². The summed E-state index contributed by atoms with van der Waals surface area (Å²) in [6, 6.07) is 4.85. The van der Waals surface area contributed by atoms with E-state index in [1.54, 1.807) is 24.1 Å². The summed E-state index contributed by atoms with van der Waals surface area (Å²) >= 11 is 3.40. The van der Waals surface area contributed by atoms with Crippen LogP contribution >= 0.6 is 15.9 Å². The largest absolute Gasteiger partial charge is 0.506 e. The number of halogens is 1. The average Bonchev–Trinajstić information content (AvgIpc) is 2.58. The van der Waals surface area contributed by atoms with Crippen LogP contribution in [0.1, 0.15) is 6.42 Å². The van der Waals surface area contributed by atoms with E-state index >= 15 is 0 Å². The molecular formula is C11H12BrNO3. The summed E-state index contributed by atoms with van der Waals surface area (Å²) in [4.78, 5) is 13.4. The van der Waals surface area contributed by atoms with E-state index in [0.717, 1.165) is 0 Å². The van der Waals surface area contributed by atoms with Gasteiger partial charge >= 0.3 is 0 Å². The number of benzene rings is 1. The van der Waals surface area contributed by atoms with E-state index in [1.807, 2.05) is 0 Å². The number of ether oxygens (including phenoxy) is 1. The first-order valence-electron chi connectivity index (χ1n) is 4.93. The number of carbonyl (C=O) groups is 1. The molecule has 1 amide bonds. The van der Waals surface area contributed by atoms with Crippen LogP contribution in [-0.4, -0.2) is 29.5 Å². The third kappa shape index (κ3) is 2.00. The van der Waals surface area contributed by atoms with Crippen LogP contribution in [0.3, 0.4) is 0 Å². The van der Waals surface area contributed by atoms with E-state index in [1.165, 1.54) is 6.07 Å². The van der Waals surface area contributed by atoms with Crippen LogP contribution in [-0.2, 0) is 4.79 Å². The highest BCUT2D eigenvalue weighted by Crippen LogP contribution is 2.35. The summed E-state index contributed by atoms with van der Waals surface area (Å²) in [7, 11) is 1.55. The van der Waals surface area contributed by atoms with Crippen molar-refractivity contribution in [3.63, 3.8) is 0 Å². The third-order valence-corrected chi connectivity index (χ3v) is 3.16. The molecule has 1 heterocycles. The quantitative estimate of drug-likeness (QED) is 0.845. The Bertz CT molecular complexity index is 422. The number of aromatic hydroxyl groups is 1. The number of methoxy groups -OCH3 is 1. The number of amides is 1. The highest BCUT2D eigenvalue weighted by molar-refractivity contribution is 9.09. The molecule has 0 aliphatic carbocycles. The Kier molecular flexibility index (Phi) is 3.05. The number of nitrogens with zero attached hydrogens (tertiary/aromatic N) is 1. The zero-order valence-corrected chi connectivity index (χ0v) is 10.4. The molecule has 1 aromatic rings. The van der Waals surface area contributed by atoms with E-state index in [0.29, 0.717) is 24.4 Å². The molecule has 4 nitrogen and oxygen atoms in total. The lowest BCUT2D eigenvalue weighted by atomic mass is 10.2. The Balaban J connectivity index is 2.35. The molecule has 5 heteroatoms. The Hall–Kier alpha value is -1.23. The molecule has 86 valence electrons. The molecule has 0 saturated carbocycles. The number of rotatable bonds is 2. The molecule has 0 bridgehead atoms. The van der Waals surface area contributed by atoms with E-state index in [2.05, 4.69) is 15.9 Å². The molecule has 1 aromatic carbocycles. The van der Waals surface area contributed by atoms with Gasteiger partial charge in [-0.15, -0.1) is 0 Å². The van der Waals surface area contributed by atoms with Crippen LogP contribution < -0.4 is 9.64 Å². The molecule has 1 unspecified atom stereocenters. The van der Waals surface area contributed by atoms with Gasteiger partial charge in [-0.25, -0.2) is 0 Å². The van der Waals surface area contributed by atoms with Crippen molar-refractivity contribution >= 4 is 27.5 Å². The summed E-state index contributed by atoms with van der Waals surface area (Å²) in [6.45, 7) is 0.569. The smallest absolute Gasteiger partial charge is 0.228 e. The van der Waals surface area contributed by atoms with Crippen molar-refractivity contribution in [1.29, 1.82) is 0 Å². The summed E-state index contributed by atoms with van der Waals surface area (Å²) < 4.78 is 5.07. The SMILES string of the molecule is COc1ccc(O)c(N2CC(Br)CC2=O)c1. The topological polar surface area (TPSA) is 49.8 Å². The lowest BCUT2D eigenvalue weighted by Crippen LogP contribution is -2.24. The second kappa shape index (κ2) is 4.33. The van der Waals surface area contributed by atoms with Crippen molar-refractivity contribution in [2.75, 3.05) is 18.6 Å². The van der Waals surface area contributed by atoms with Gasteiger partial charge in [0, 0.05) is 23.9 Å². The monoisotopic (exact) mass is 285 g/mol. The summed E-state index contributed by atoms with van der Waals surface area (Å²) in [5, 5.41) is 9.73. The fraction of sp³-hybridized carbons (Fsp3) is 0.364. The van der Waals surface area contributed by atoms with Gasteiger partial charge in [0.25, 0.3) is 0 Å². The van der Waals surface area contributed by atoms with Gasteiger partial charge in [-0.1, -0.05) is 15.9 Å². The lowest BCUT2D eigenvalue weighted by molar-refractivity contribution is -0.117. The van der Waals surface area contributed by atoms with E-state index in [9.17, 15) is 9.90 Å². The minimum absolute atomic E-state index is 0.00503. The van der Waals surface area contributed by atoms with Gasteiger partial charge in [-0.3, -0.25) is 4.79 Å². The second-order valence-electron chi connectivity index (χ2n) is 3.66. The number of alkyl halides is 1. The predicted octanol–water partition coefficient (Wildman–Crippen LogP) is 1.90. The van der Waals surface area contributed by atoms with Crippen molar-refractivity contribution in [2.45, 2.75) is 11.2 Å². The zero-order chi connectivity index (χ0) is 11.7. The number of hydrogen-bond donors (Lipinski definition) is 1. The van der Waals surface area contributed by atoms with Crippen molar-refractivity contribution in [2.24, 2.45) is 0 Å². The van der Waals surface area contributed by atoms with Gasteiger partial charge in [0.1, 0.15) is 11.5 Å². The Morgan fingerprint density at radius 1 is 1.56 bits per heavy atom. The van der Waals surface area contributed by atoms with Crippen LogP contribution in [0.25, 0.3) is 0 Å². The lowest BCUT2D eigenvalue weighted by Gasteiger charge is -2.18. The minimum Gasteiger partial charge on any atom is -0.506 e. The highest BCUT2D eigenvalue weighted by atomic mass is 79.9. The molecule has 0 radical (unpaired) electrons. The van der Waals surface area contributed by atoms with E-state index in [-0.39, 0.29) is 16.5 Å². The second-order valence-corrected chi connectivity index (χ2v) is 4.96. The fourth-order valence-electron chi connectivity index (χ4n) is 1.74. The maximum atomic E-state index is 11.7. The van der Waals surface area contributed by atoms with Crippen molar-refractivity contribution in [3.05, 3.63) is 18.2 Å². The zero-order valence-electron chi connectivity index (χ0n) is 8.81. The van der Waals surface area contributed by atoms with Crippen LogP contribution in [0, 0.1) is 0 Å². The Labute approximate surface area is 102 Å². The first kappa shape index (κ1) is 11.3. The predicted molar refractivity (Wildman–Crippen MR) is 64.3 cm³/mol. The summed E-state index contributed by atoms with van der Waals surface area (Å²) in [5.41, 5.74) is 0.506. The number of phenols is 1. The van der Waals surface area contributed by atoms with E-state index < -0.39 is 0 Å². The number of carbonyl (C=O) groups excluding carboxylic acids is 1. The highest BCUT2D eigenvalue weighted by Gasteiger charge is 2.30. The van der Waals surface area contributed by atoms with Crippen molar-refractivity contribution in [3.8, 4) is 11.5 Å². The summed E-state index contributed by atoms with van der Waals surface area (Å²) in [6.07, 6.45) is 0.455. The first-order valence-corrected chi connectivity index (χ1v) is 5.85. The van der Waals surface area contributed by atoms with Gasteiger partial charge in [-0.05, 0) is 12.1 Å². The van der Waals surface area contributed by atoms with E-state index in [4.69, 9.17) is 4.74 Å². The van der Waals surface area contributed by atoms with Gasteiger partial charge in [0.2, 0.25) is 5.91 Å². The maximum Gasteiger partial charge on any atom is 0.228 e. The fourth-order valence-corrected chi connectivity index (χ4v) is 2.31. The van der Waals surface area contributed by atoms with Gasteiger partial charge in [0.05, 0.1) is 12.8 Å². The van der Waals surface area contributed by atoms with Crippen molar-refractivity contribution in [1.82, 2.24) is 0 Å². The molecule has 1 aliphatic rings. The molecule has 0 spiro atoms. The molecule has 1 atom stereocenters. The van der Waals surface area contributed by atoms with Crippen LogP contribution in [0.15, 0.2) is 18.2 Å². The molecule has 2 rings (SSSR count). The average molecular weight is 286 g/mol. The van der Waals surface area contributed by atoms with Crippen LogP contribution in [0.5, 0.6) is 11.5 Å². The van der Waals surface area contributed by atoms with Crippen molar-refractivity contribution < 1.29 is 14.6 Å². The molecule has 16 heavy (non-hydrogen) atoms. The Morgan fingerprint density at radius 3 is 2.88 bits per heavy atom. The molecule has 1 N–H and O–H groups in total. The first-order chi connectivity index (χ1) is 7.61. The number of hydrogen-bond acceptors (Lipinski definition) is 3. The minimum atomic E-state index is 0.00503. The van der Waals surface area contributed by atoms with Gasteiger partial charge in [-0.2, -0.15) is 0 Å². The normalized spacial score (nSPS) is 20.2. The standard InChI is InChI=1S/C11H12BrNO3/c1-16-8-2-3-10(14)9(5-8)13-6-7(12)4-11(13)15/h2-3,5,7,14H,4,6H2,1H3. The van der Waals surface area contributed by atoms with Crippen LogP contribution in [0.4, 0.5) is 5.69 Å². The summed E-state index contributed by atoms with van der Waals surface area (Å²) in [5.74, 6) is 0.722. The molecule has 0 aromatic heterocycles. The third-order valence-electron chi connectivity index (χ3n) is 2.55. The van der Waals surface area contributed by atoms with Crippen LogP contribution in [0.2, 0.25) is 0 Å². The number of phenolic OH excluding ortho intramolecular Hbond substituents is 1.